The molecule has 0 aromatic heterocycles. The van der Waals surface area contributed by atoms with Gasteiger partial charge in [0, 0.05) is 6.08 Å². The number of rotatable bonds is 3. The first-order valence-corrected chi connectivity index (χ1v) is 6.65. The summed E-state index contributed by atoms with van der Waals surface area (Å²) in [5, 5.41) is 2.26. The van der Waals surface area contributed by atoms with E-state index in [1.54, 1.807) is 6.08 Å². The number of benzene rings is 2. The minimum Gasteiger partial charge on any atom is -0.321 e. The van der Waals surface area contributed by atoms with Crippen LogP contribution in [0.2, 0.25) is 5.02 Å². The lowest BCUT2D eigenvalue weighted by molar-refractivity contribution is -0.137. The van der Waals surface area contributed by atoms with Crippen LogP contribution in [0.3, 0.4) is 0 Å². The van der Waals surface area contributed by atoms with Crippen LogP contribution in [0.1, 0.15) is 11.1 Å². The molecule has 0 saturated carbocycles. The quantitative estimate of drug-likeness (QED) is 0.790. The molecule has 1 amide bonds. The summed E-state index contributed by atoms with van der Waals surface area (Å²) in [7, 11) is 0. The van der Waals surface area contributed by atoms with E-state index in [0.717, 1.165) is 23.8 Å². The van der Waals surface area contributed by atoms with Crippen LogP contribution >= 0.6 is 11.6 Å². The largest absolute Gasteiger partial charge is 0.416 e. The molecule has 2 aromatic carbocycles. The zero-order valence-corrected chi connectivity index (χ0v) is 11.9. The molecule has 6 heteroatoms. The van der Waals surface area contributed by atoms with Crippen molar-refractivity contribution in [3.63, 3.8) is 0 Å². The monoisotopic (exact) mass is 325 g/mol. The van der Waals surface area contributed by atoms with Crippen molar-refractivity contribution in [1.29, 1.82) is 0 Å². The summed E-state index contributed by atoms with van der Waals surface area (Å²) in [6, 6.07) is 11.9. The minimum atomic E-state index is -4.47. The van der Waals surface area contributed by atoms with E-state index >= 15 is 0 Å². The molecule has 0 aliphatic rings. The number of anilines is 1. The molecule has 0 saturated heterocycles. The van der Waals surface area contributed by atoms with Gasteiger partial charge in [-0.3, -0.25) is 4.79 Å². The van der Waals surface area contributed by atoms with Crippen molar-refractivity contribution < 1.29 is 18.0 Å². The Morgan fingerprint density at radius 2 is 1.77 bits per heavy atom. The standard InChI is InChI=1S/C16H11ClF3NO/c17-13-10-12(16(18,19)20)7-8-14(13)21-15(22)9-6-11-4-2-1-3-5-11/h1-10H,(H,21,22)/b9-6+. The summed E-state index contributed by atoms with van der Waals surface area (Å²) in [5.74, 6) is -0.481. The van der Waals surface area contributed by atoms with E-state index in [1.807, 2.05) is 30.3 Å². The number of carbonyl (C=O) groups excluding carboxylic acids is 1. The second-order valence-corrected chi connectivity index (χ2v) is 4.83. The third kappa shape index (κ3) is 4.36. The highest BCUT2D eigenvalue weighted by Gasteiger charge is 2.30. The maximum absolute atomic E-state index is 12.5. The van der Waals surface area contributed by atoms with Gasteiger partial charge in [-0.25, -0.2) is 0 Å². The van der Waals surface area contributed by atoms with Crippen molar-refractivity contribution in [2.45, 2.75) is 6.18 Å². The zero-order valence-electron chi connectivity index (χ0n) is 11.2. The van der Waals surface area contributed by atoms with Crippen LogP contribution in [0.15, 0.2) is 54.6 Å². The Hall–Kier alpha value is -2.27. The van der Waals surface area contributed by atoms with Crippen molar-refractivity contribution in [1.82, 2.24) is 0 Å². The highest BCUT2D eigenvalue weighted by Crippen LogP contribution is 2.33. The zero-order chi connectivity index (χ0) is 16.2. The lowest BCUT2D eigenvalue weighted by atomic mass is 10.2. The molecule has 22 heavy (non-hydrogen) atoms. The first kappa shape index (κ1) is 16.1. The normalized spacial score (nSPS) is 11.6. The van der Waals surface area contributed by atoms with Gasteiger partial charge in [-0.05, 0) is 29.8 Å². The Morgan fingerprint density at radius 1 is 1.09 bits per heavy atom. The Kier molecular flexibility index (Phi) is 4.88. The Balaban J connectivity index is 2.08. The Labute approximate surface area is 130 Å². The molecule has 0 aliphatic carbocycles. The number of alkyl halides is 3. The van der Waals surface area contributed by atoms with Crippen LogP contribution in [0.25, 0.3) is 6.08 Å². The highest BCUT2D eigenvalue weighted by atomic mass is 35.5. The fraction of sp³-hybridized carbons (Fsp3) is 0.0625. The molecular formula is C16H11ClF3NO. The predicted octanol–water partition coefficient (Wildman–Crippen LogP) is 5.01. The van der Waals surface area contributed by atoms with Crippen molar-refractivity contribution in [2.24, 2.45) is 0 Å². The SMILES string of the molecule is O=C(/C=C/c1ccccc1)Nc1ccc(C(F)(F)F)cc1Cl. The molecule has 0 spiro atoms. The van der Waals surface area contributed by atoms with Gasteiger partial charge in [-0.15, -0.1) is 0 Å². The summed E-state index contributed by atoms with van der Waals surface area (Å²) < 4.78 is 37.5. The molecule has 0 bridgehead atoms. The molecule has 0 unspecified atom stereocenters. The summed E-state index contributed by atoms with van der Waals surface area (Å²) in [4.78, 5) is 11.7. The number of nitrogens with one attached hydrogen (secondary N) is 1. The van der Waals surface area contributed by atoms with E-state index in [-0.39, 0.29) is 10.7 Å². The molecule has 114 valence electrons. The van der Waals surface area contributed by atoms with E-state index in [4.69, 9.17) is 11.6 Å². The molecule has 0 heterocycles. The first-order valence-electron chi connectivity index (χ1n) is 6.27. The number of carbonyl (C=O) groups is 1. The van der Waals surface area contributed by atoms with E-state index < -0.39 is 17.6 Å². The molecule has 2 aromatic rings. The average Bonchev–Trinajstić information content (AvgIpc) is 2.47. The first-order chi connectivity index (χ1) is 10.4. The van der Waals surface area contributed by atoms with Gasteiger partial charge in [0.15, 0.2) is 0 Å². The Morgan fingerprint density at radius 3 is 2.36 bits per heavy atom. The number of hydrogen-bond acceptors (Lipinski definition) is 1. The van der Waals surface area contributed by atoms with Gasteiger partial charge in [0.05, 0.1) is 16.3 Å². The average molecular weight is 326 g/mol. The van der Waals surface area contributed by atoms with Crippen molar-refractivity contribution in [3.05, 3.63) is 70.8 Å². The molecule has 0 radical (unpaired) electrons. The second kappa shape index (κ2) is 6.66. The minimum absolute atomic E-state index is 0.123. The molecule has 2 rings (SSSR count). The third-order valence-corrected chi connectivity index (χ3v) is 3.09. The summed E-state index contributed by atoms with van der Waals surface area (Å²) >= 11 is 5.76. The molecule has 1 N–H and O–H groups in total. The van der Waals surface area contributed by atoms with Crippen LogP contribution in [0.4, 0.5) is 18.9 Å². The van der Waals surface area contributed by atoms with Crippen LogP contribution in [-0.4, -0.2) is 5.91 Å². The van der Waals surface area contributed by atoms with Gasteiger partial charge in [0.25, 0.3) is 0 Å². The molecule has 0 aliphatic heterocycles. The van der Waals surface area contributed by atoms with Gasteiger partial charge in [0.1, 0.15) is 0 Å². The van der Waals surface area contributed by atoms with Crippen LogP contribution in [-0.2, 0) is 11.0 Å². The van der Waals surface area contributed by atoms with Gasteiger partial charge >= 0.3 is 6.18 Å². The number of halogens is 4. The van der Waals surface area contributed by atoms with Crippen LogP contribution < -0.4 is 5.32 Å². The number of hydrogen-bond donors (Lipinski definition) is 1. The smallest absolute Gasteiger partial charge is 0.321 e. The van der Waals surface area contributed by atoms with Gasteiger partial charge < -0.3 is 5.32 Å². The van der Waals surface area contributed by atoms with E-state index in [2.05, 4.69) is 5.32 Å². The van der Waals surface area contributed by atoms with E-state index in [9.17, 15) is 18.0 Å². The van der Waals surface area contributed by atoms with Crippen molar-refractivity contribution in [3.8, 4) is 0 Å². The fourth-order valence-electron chi connectivity index (χ4n) is 1.70. The lowest BCUT2D eigenvalue weighted by Gasteiger charge is -2.10. The summed E-state index contributed by atoms with van der Waals surface area (Å²) in [6.07, 6.45) is -1.60. The van der Waals surface area contributed by atoms with Crippen molar-refractivity contribution in [2.75, 3.05) is 5.32 Å². The second-order valence-electron chi connectivity index (χ2n) is 4.43. The van der Waals surface area contributed by atoms with E-state index in [1.165, 1.54) is 6.08 Å². The molecule has 0 fully saturated rings. The van der Waals surface area contributed by atoms with Crippen molar-refractivity contribution >= 4 is 29.3 Å². The Bertz CT molecular complexity index is 696. The summed E-state index contributed by atoms with van der Waals surface area (Å²) in [5.41, 5.74) is 0.0869. The molecular weight excluding hydrogens is 315 g/mol. The van der Waals surface area contributed by atoms with Crippen LogP contribution in [0, 0.1) is 0 Å². The van der Waals surface area contributed by atoms with Gasteiger partial charge in [-0.1, -0.05) is 41.9 Å². The lowest BCUT2D eigenvalue weighted by Crippen LogP contribution is -2.10. The molecule has 2 nitrogen and oxygen atoms in total. The highest BCUT2D eigenvalue weighted by molar-refractivity contribution is 6.34. The topological polar surface area (TPSA) is 29.1 Å². The number of amides is 1. The summed E-state index contributed by atoms with van der Waals surface area (Å²) in [6.45, 7) is 0. The third-order valence-electron chi connectivity index (χ3n) is 2.78. The van der Waals surface area contributed by atoms with Crippen LogP contribution in [0.5, 0.6) is 0 Å². The fourth-order valence-corrected chi connectivity index (χ4v) is 1.93. The van der Waals surface area contributed by atoms with Gasteiger partial charge in [-0.2, -0.15) is 13.2 Å². The molecule has 0 atom stereocenters. The van der Waals surface area contributed by atoms with Gasteiger partial charge in [0.2, 0.25) is 5.91 Å². The maximum Gasteiger partial charge on any atom is 0.416 e. The van der Waals surface area contributed by atoms with E-state index in [0.29, 0.717) is 0 Å². The maximum atomic E-state index is 12.5. The predicted molar refractivity (Wildman–Crippen MR) is 80.6 cm³/mol.